The first kappa shape index (κ1) is 21.6. The molecule has 8 heteroatoms. The van der Waals surface area contributed by atoms with Gasteiger partial charge in [-0.1, -0.05) is 35.4 Å². The fourth-order valence-electron chi connectivity index (χ4n) is 2.73. The Balaban J connectivity index is 1.99. The SMILES string of the molecule is Cc1ccc(S(=O)(=O)N[C@H](C)C[C@H](C)NS(=O)(=O)c2ccc(C)cc2)cc1. The molecule has 0 unspecified atom stereocenters. The van der Waals surface area contributed by atoms with Crippen LogP contribution in [-0.2, 0) is 20.0 Å². The largest absolute Gasteiger partial charge is 0.240 e. The van der Waals surface area contributed by atoms with Gasteiger partial charge < -0.3 is 0 Å². The Bertz CT molecular complexity index is 886. The molecule has 0 radical (unpaired) electrons. The summed E-state index contributed by atoms with van der Waals surface area (Å²) >= 11 is 0. The zero-order valence-corrected chi connectivity index (χ0v) is 17.6. The highest BCUT2D eigenvalue weighted by molar-refractivity contribution is 7.89. The second-order valence-corrected chi connectivity index (χ2v) is 10.3. The molecule has 0 aromatic heterocycles. The van der Waals surface area contributed by atoms with E-state index in [1.807, 2.05) is 13.8 Å². The fraction of sp³-hybridized carbons (Fsp3) is 0.368. The first-order valence-electron chi connectivity index (χ1n) is 8.67. The molecule has 0 heterocycles. The van der Waals surface area contributed by atoms with E-state index in [2.05, 4.69) is 9.44 Å². The van der Waals surface area contributed by atoms with Gasteiger partial charge >= 0.3 is 0 Å². The van der Waals surface area contributed by atoms with Crippen LogP contribution in [0.15, 0.2) is 58.3 Å². The van der Waals surface area contributed by atoms with Crippen molar-refractivity contribution in [2.45, 2.75) is 56.0 Å². The minimum absolute atomic E-state index is 0.188. The van der Waals surface area contributed by atoms with Gasteiger partial charge in [-0.2, -0.15) is 0 Å². The predicted octanol–water partition coefficient (Wildman–Crippen LogP) is 2.73. The van der Waals surface area contributed by atoms with Gasteiger partial charge in [-0.05, 0) is 58.4 Å². The minimum Gasteiger partial charge on any atom is -0.208 e. The van der Waals surface area contributed by atoms with Crippen LogP contribution in [0.3, 0.4) is 0 Å². The summed E-state index contributed by atoms with van der Waals surface area (Å²) in [5.41, 5.74) is 1.95. The van der Waals surface area contributed by atoms with Gasteiger partial charge in [-0.25, -0.2) is 26.3 Å². The molecule has 148 valence electrons. The molecule has 2 atom stereocenters. The van der Waals surface area contributed by atoms with Crippen LogP contribution >= 0.6 is 0 Å². The molecule has 0 saturated heterocycles. The molecule has 2 rings (SSSR count). The zero-order chi connectivity index (χ0) is 20.2. The van der Waals surface area contributed by atoms with Crippen molar-refractivity contribution in [1.82, 2.24) is 9.44 Å². The standard InChI is InChI=1S/C19H26N2O4S2/c1-14-5-9-18(10-6-14)26(22,23)20-16(3)13-17(4)21-27(24,25)19-11-7-15(2)8-12-19/h5-12,16-17,20-21H,13H2,1-4H3/t16-,17+. The summed E-state index contributed by atoms with van der Waals surface area (Å²) in [7, 11) is -7.30. The summed E-state index contributed by atoms with van der Waals surface area (Å²) in [6.07, 6.45) is 0.316. The van der Waals surface area contributed by atoms with Crippen molar-refractivity contribution < 1.29 is 16.8 Å². The first-order chi connectivity index (χ1) is 12.5. The number of hydrogen-bond acceptors (Lipinski definition) is 4. The van der Waals surface area contributed by atoms with E-state index in [1.54, 1.807) is 62.4 Å². The van der Waals surface area contributed by atoms with Crippen molar-refractivity contribution in [1.29, 1.82) is 0 Å². The molecule has 0 saturated carbocycles. The van der Waals surface area contributed by atoms with Gasteiger partial charge in [0.1, 0.15) is 0 Å². The third kappa shape index (κ3) is 6.14. The summed E-state index contributed by atoms with van der Waals surface area (Å²) < 4.78 is 54.9. The average molecular weight is 411 g/mol. The smallest absolute Gasteiger partial charge is 0.208 e. The summed E-state index contributed by atoms with van der Waals surface area (Å²) in [5.74, 6) is 0. The van der Waals surface area contributed by atoms with E-state index in [9.17, 15) is 16.8 Å². The Labute approximate surface area is 162 Å². The normalized spacial score (nSPS) is 14.7. The highest BCUT2D eigenvalue weighted by Crippen LogP contribution is 2.14. The van der Waals surface area contributed by atoms with Crippen molar-refractivity contribution in [3.05, 3.63) is 59.7 Å². The Kier molecular flexibility index (Phi) is 6.80. The van der Waals surface area contributed by atoms with Gasteiger partial charge in [0, 0.05) is 12.1 Å². The van der Waals surface area contributed by atoms with Crippen molar-refractivity contribution in [3.8, 4) is 0 Å². The maximum Gasteiger partial charge on any atom is 0.240 e. The molecule has 0 aliphatic carbocycles. The van der Waals surface area contributed by atoms with Crippen LogP contribution in [0.25, 0.3) is 0 Å². The topological polar surface area (TPSA) is 92.3 Å². The van der Waals surface area contributed by atoms with Gasteiger partial charge in [-0.15, -0.1) is 0 Å². The predicted molar refractivity (Wildman–Crippen MR) is 107 cm³/mol. The molecule has 0 aliphatic rings. The number of benzene rings is 2. The molecule has 0 fully saturated rings. The monoisotopic (exact) mass is 410 g/mol. The van der Waals surface area contributed by atoms with E-state index in [0.29, 0.717) is 6.42 Å². The van der Waals surface area contributed by atoms with Crippen molar-refractivity contribution >= 4 is 20.0 Å². The van der Waals surface area contributed by atoms with Crippen molar-refractivity contribution in [3.63, 3.8) is 0 Å². The molecule has 2 aromatic carbocycles. The van der Waals surface area contributed by atoms with Crippen LogP contribution in [0.2, 0.25) is 0 Å². The van der Waals surface area contributed by atoms with Crippen molar-refractivity contribution in [2.75, 3.05) is 0 Å². The summed E-state index contributed by atoms with van der Waals surface area (Å²) in [5, 5.41) is 0. The van der Waals surface area contributed by atoms with Gasteiger partial charge in [0.15, 0.2) is 0 Å². The Morgan fingerprint density at radius 2 is 0.963 bits per heavy atom. The number of aryl methyl sites for hydroxylation is 2. The number of hydrogen-bond donors (Lipinski definition) is 2. The van der Waals surface area contributed by atoms with E-state index in [0.717, 1.165) is 11.1 Å². The Hall–Kier alpha value is -1.74. The molecule has 0 amide bonds. The van der Waals surface area contributed by atoms with Crippen LogP contribution in [0.1, 0.15) is 31.4 Å². The Morgan fingerprint density at radius 1 is 0.667 bits per heavy atom. The number of rotatable bonds is 8. The molecule has 6 nitrogen and oxygen atoms in total. The lowest BCUT2D eigenvalue weighted by Crippen LogP contribution is -2.40. The molecule has 0 spiro atoms. The van der Waals surface area contributed by atoms with Gasteiger partial charge in [0.05, 0.1) is 9.79 Å². The van der Waals surface area contributed by atoms with Crippen LogP contribution in [0, 0.1) is 13.8 Å². The zero-order valence-electron chi connectivity index (χ0n) is 15.9. The second-order valence-electron chi connectivity index (χ2n) is 6.91. The highest BCUT2D eigenvalue weighted by Gasteiger charge is 2.22. The highest BCUT2D eigenvalue weighted by atomic mass is 32.2. The maximum absolute atomic E-state index is 12.4. The number of nitrogens with one attached hydrogen (secondary N) is 2. The van der Waals surface area contributed by atoms with Gasteiger partial charge in [0.2, 0.25) is 20.0 Å². The maximum atomic E-state index is 12.4. The van der Waals surface area contributed by atoms with Crippen LogP contribution in [-0.4, -0.2) is 28.9 Å². The minimum atomic E-state index is -3.65. The third-order valence-electron chi connectivity index (χ3n) is 4.08. The molecule has 0 bridgehead atoms. The quantitative estimate of drug-likeness (QED) is 0.700. The molecule has 2 N–H and O–H groups in total. The van der Waals surface area contributed by atoms with E-state index in [-0.39, 0.29) is 9.79 Å². The van der Waals surface area contributed by atoms with E-state index < -0.39 is 32.1 Å². The summed E-state index contributed by atoms with van der Waals surface area (Å²) in [6.45, 7) is 7.19. The summed E-state index contributed by atoms with van der Waals surface area (Å²) in [4.78, 5) is 0.376. The van der Waals surface area contributed by atoms with E-state index in [4.69, 9.17) is 0 Å². The molecule has 27 heavy (non-hydrogen) atoms. The average Bonchev–Trinajstić information content (AvgIpc) is 2.54. The lowest BCUT2D eigenvalue weighted by molar-refractivity contribution is 0.492. The molecule has 2 aromatic rings. The fourth-order valence-corrected chi connectivity index (χ4v) is 5.24. The lowest BCUT2D eigenvalue weighted by Gasteiger charge is -2.20. The van der Waals surface area contributed by atoms with Gasteiger partial charge in [0.25, 0.3) is 0 Å². The Morgan fingerprint density at radius 3 is 1.26 bits per heavy atom. The number of sulfonamides is 2. The van der Waals surface area contributed by atoms with E-state index in [1.165, 1.54) is 0 Å². The summed E-state index contributed by atoms with van der Waals surface area (Å²) in [6, 6.07) is 12.3. The van der Waals surface area contributed by atoms with Crippen LogP contribution < -0.4 is 9.44 Å². The van der Waals surface area contributed by atoms with Crippen LogP contribution in [0.4, 0.5) is 0 Å². The molecular formula is C19H26N2O4S2. The lowest BCUT2D eigenvalue weighted by atomic mass is 10.1. The van der Waals surface area contributed by atoms with Gasteiger partial charge in [-0.3, -0.25) is 0 Å². The second kappa shape index (κ2) is 8.52. The van der Waals surface area contributed by atoms with Crippen molar-refractivity contribution in [2.24, 2.45) is 0 Å². The van der Waals surface area contributed by atoms with Crippen LogP contribution in [0.5, 0.6) is 0 Å². The third-order valence-corrected chi connectivity index (χ3v) is 7.29. The van der Waals surface area contributed by atoms with E-state index >= 15 is 0 Å². The molecular weight excluding hydrogens is 384 g/mol. The molecule has 0 aliphatic heterocycles. The first-order valence-corrected chi connectivity index (χ1v) is 11.6.